The number of amides is 3. The molecule has 3 rings (SSSR count). The molecule has 27 heavy (non-hydrogen) atoms. The van der Waals surface area contributed by atoms with Crippen LogP contribution in [-0.4, -0.2) is 67.2 Å². The number of rotatable bonds is 5. The molecule has 10 heteroatoms. The van der Waals surface area contributed by atoms with Crippen molar-refractivity contribution in [2.24, 2.45) is 11.8 Å². The van der Waals surface area contributed by atoms with Crippen molar-refractivity contribution in [2.75, 3.05) is 18.1 Å². The highest BCUT2D eigenvalue weighted by Crippen LogP contribution is 2.36. The summed E-state index contributed by atoms with van der Waals surface area (Å²) in [7, 11) is -3.13. The molecule has 0 radical (unpaired) electrons. The molecule has 2 saturated heterocycles. The van der Waals surface area contributed by atoms with Crippen molar-refractivity contribution in [3.63, 3.8) is 0 Å². The monoisotopic (exact) mass is 398 g/mol. The summed E-state index contributed by atoms with van der Waals surface area (Å²) in [6, 6.07) is -1.61. The summed E-state index contributed by atoms with van der Waals surface area (Å²) in [5.41, 5.74) is 0. The first-order valence-electron chi connectivity index (χ1n) is 8.88. The van der Waals surface area contributed by atoms with Gasteiger partial charge in [-0.1, -0.05) is 12.2 Å². The fourth-order valence-electron chi connectivity index (χ4n) is 3.75. The minimum Gasteiger partial charge on any atom is -0.454 e. The molecular formula is C17H22N2O7S. The number of fused-ring (bicyclic) bond motifs is 1. The van der Waals surface area contributed by atoms with Gasteiger partial charge >= 0.3 is 5.97 Å². The van der Waals surface area contributed by atoms with E-state index in [-0.39, 0.29) is 23.3 Å². The highest BCUT2D eigenvalue weighted by Gasteiger charge is 2.50. The molecule has 0 saturated carbocycles. The summed E-state index contributed by atoms with van der Waals surface area (Å²) < 4.78 is 27.7. The van der Waals surface area contributed by atoms with Crippen molar-refractivity contribution in [3.8, 4) is 0 Å². The zero-order valence-corrected chi connectivity index (χ0v) is 15.7. The first kappa shape index (κ1) is 19.5. The number of carbonyl (C=O) groups is 4. The second-order valence-corrected chi connectivity index (χ2v) is 9.38. The fraction of sp³-hybridized carbons (Fsp3) is 0.647. The van der Waals surface area contributed by atoms with E-state index in [1.165, 1.54) is 6.92 Å². The van der Waals surface area contributed by atoms with Crippen molar-refractivity contribution in [2.45, 2.75) is 38.3 Å². The average Bonchev–Trinajstić information content (AvgIpc) is 3.09. The maximum atomic E-state index is 12.5. The maximum Gasteiger partial charge on any atom is 0.329 e. The summed E-state index contributed by atoms with van der Waals surface area (Å²) in [4.78, 5) is 49.9. The van der Waals surface area contributed by atoms with Gasteiger partial charge in [0.15, 0.2) is 16.4 Å². The molecule has 0 aromatic carbocycles. The van der Waals surface area contributed by atoms with Crippen LogP contribution in [-0.2, 0) is 33.8 Å². The Hall–Kier alpha value is -2.23. The van der Waals surface area contributed by atoms with Gasteiger partial charge in [-0.2, -0.15) is 0 Å². The Balaban J connectivity index is 1.51. The Bertz CT molecular complexity index is 778. The highest BCUT2D eigenvalue weighted by atomic mass is 32.2. The first-order valence-corrected chi connectivity index (χ1v) is 10.7. The quantitative estimate of drug-likeness (QED) is 0.364. The summed E-state index contributed by atoms with van der Waals surface area (Å²) in [5.74, 6) is -3.23. The Morgan fingerprint density at radius 1 is 1.22 bits per heavy atom. The predicted octanol–water partition coefficient (Wildman–Crippen LogP) is -0.827. The van der Waals surface area contributed by atoms with Gasteiger partial charge < -0.3 is 10.1 Å². The van der Waals surface area contributed by atoms with E-state index in [0.717, 1.165) is 4.90 Å². The van der Waals surface area contributed by atoms with Crippen molar-refractivity contribution < 1.29 is 32.3 Å². The molecule has 0 aromatic rings. The number of nitrogens with one attached hydrogen (secondary N) is 1. The van der Waals surface area contributed by atoms with Crippen LogP contribution < -0.4 is 5.32 Å². The average molecular weight is 398 g/mol. The number of sulfone groups is 1. The number of nitrogens with zero attached hydrogens (tertiary/aromatic N) is 1. The van der Waals surface area contributed by atoms with Crippen molar-refractivity contribution in [1.29, 1.82) is 0 Å². The van der Waals surface area contributed by atoms with E-state index in [1.54, 1.807) is 0 Å². The van der Waals surface area contributed by atoms with Gasteiger partial charge in [0, 0.05) is 6.04 Å². The predicted molar refractivity (Wildman–Crippen MR) is 92.8 cm³/mol. The number of allylic oxidation sites excluding steroid dienone is 2. The van der Waals surface area contributed by atoms with E-state index in [1.807, 2.05) is 12.2 Å². The molecule has 2 fully saturated rings. The highest BCUT2D eigenvalue weighted by molar-refractivity contribution is 7.91. The number of carbonyl (C=O) groups excluding carboxylic acids is 4. The number of ether oxygens (including phenoxy) is 1. The molecule has 9 nitrogen and oxygen atoms in total. The normalized spacial score (nSPS) is 30.1. The van der Waals surface area contributed by atoms with Gasteiger partial charge in [0.05, 0.1) is 23.3 Å². The van der Waals surface area contributed by atoms with E-state index in [9.17, 15) is 27.6 Å². The second kappa shape index (κ2) is 7.41. The van der Waals surface area contributed by atoms with Crippen molar-refractivity contribution in [3.05, 3.63) is 12.2 Å². The van der Waals surface area contributed by atoms with Crippen LogP contribution in [0.4, 0.5) is 0 Å². The SMILES string of the molecule is C[C@@H](C(=O)OCC(=O)N[C@@H]1CCS(=O)(=O)C1)N1C(=O)[C@H]2CC=CC[C@@H]2C1=O. The fourth-order valence-corrected chi connectivity index (χ4v) is 5.42. The van der Waals surface area contributed by atoms with E-state index in [4.69, 9.17) is 4.74 Å². The lowest BCUT2D eigenvalue weighted by Crippen LogP contribution is -2.45. The Labute approximate surface area is 157 Å². The van der Waals surface area contributed by atoms with Gasteiger partial charge in [-0.25, -0.2) is 13.2 Å². The smallest absolute Gasteiger partial charge is 0.329 e. The van der Waals surface area contributed by atoms with Crippen LogP contribution in [0.3, 0.4) is 0 Å². The van der Waals surface area contributed by atoms with Crippen LogP contribution >= 0.6 is 0 Å². The number of hydrogen-bond acceptors (Lipinski definition) is 7. The minimum atomic E-state index is -3.13. The molecule has 148 valence electrons. The molecule has 2 aliphatic heterocycles. The van der Waals surface area contributed by atoms with Gasteiger partial charge in [-0.05, 0) is 26.2 Å². The third kappa shape index (κ3) is 4.05. The van der Waals surface area contributed by atoms with Gasteiger partial charge in [0.1, 0.15) is 6.04 Å². The Morgan fingerprint density at radius 2 is 1.81 bits per heavy atom. The largest absolute Gasteiger partial charge is 0.454 e. The standard InChI is InChI=1S/C17H22N2O7S/c1-10(19-15(21)12-4-2-3-5-13(12)16(19)22)17(23)26-8-14(20)18-11-6-7-27(24,25)9-11/h2-3,10-13H,4-9H2,1H3,(H,18,20)/t10-,11+,12-,13-/m0/s1. The molecular weight excluding hydrogens is 376 g/mol. The van der Waals surface area contributed by atoms with E-state index in [2.05, 4.69) is 5.32 Å². The van der Waals surface area contributed by atoms with E-state index in [0.29, 0.717) is 19.3 Å². The molecule has 0 spiro atoms. The molecule has 0 aromatic heterocycles. The van der Waals surface area contributed by atoms with Crippen LogP contribution in [0.15, 0.2) is 12.2 Å². The van der Waals surface area contributed by atoms with Crippen LogP contribution in [0.1, 0.15) is 26.2 Å². The summed E-state index contributed by atoms with van der Waals surface area (Å²) >= 11 is 0. The molecule has 3 amide bonds. The van der Waals surface area contributed by atoms with E-state index < -0.39 is 52.2 Å². The van der Waals surface area contributed by atoms with Gasteiger partial charge in [0.25, 0.3) is 5.91 Å². The lowest BCUT2D eigenvalue weighted by Gasteiger charge is -2.21. The molecule has 0 bridgehead atoms. The second-order valence-electron chi connectivity index (χ2n) is 7.15. The molecule has 4 atom stereocenters. The van der Waals surface area contributed by atoms with Crippen LogP contribution in [0.25, 0.3) is 0 Å². The molecule has 1 N–H and O–H groups in total. The first-order chi connectivity index (χ1) is 12.7. The van der Waals surface area contributed by atoms with Gasteiger partial charge in [-0.3, -0.25) is 19.3 Å². The van der Waals surface area contributed by atoms with Gasteiger partial charge in [-0.15, -0.1) is 0 Å². The molecule has 0 unspecified atom stereocenters. The zero-order valence-electron chi connectivity index (χ0n) is 14.9. The molecule has 1 aliphatic carbocycles. The number of imide groups is 1. The molecule has 3 aliphatic rings. The van der Waals surface area contributed by atoms with Crippen molar-refractivity contribution in [1.82, 2.24) is 10.2 Å². The lowest BCUT2D eigenvalue weighted by atomic mass is 9.85. The van der Waals surface area contributed by atoms with Gasteiger partial charge in [0.2, 0.25) is 11.8 Å². The minimum absolute atomic E-state index is 0.0190. The summed E-state index contributed by atoms with van der Waals surface area (Å²) in [6.07, 6.45) is 4.98. The maximum absolute atomic E-state index is 12.5. The Kier molecular flexibility index (Phi) is 5.36. The third-order valence-electron chi connectivity index (χ3n) is 5.21. The van der Waals surface area contributed by atoms with Crippen LogP contribution in [0.5, 0.6) is 0 Å². The number of hydrogen-bond donors (Lipinski definition) is 1. The van der Waals surface area contributed by atoms with Crippen LogP contribution in [0, 0.1) is 11.8 Å². The van der Waals surface area contributed by atoms with Crippen molar-refractivity contribution >= 4 is 33.5 Å². The topological polar surface area (TPSA) is 127 Å². The number of likely N-dealkylation sites (tertiary alicyclic amines) is 1. The molecule has 2 heterocycles. The number of esters is 1. The zero-order chi connectivity index (χ0) is 19.8. The van der Waals surface area contributed by atoms with Crippen LogP contribution in [0.2, 0.25) is 0 Å². The summed E-state index contributed by atoms with van der Waals surface area (Å²) in [5, 5.41) is 2.51. The third-order valence-corrected chi connectivity index (χ3v) is 6.98. The lowest BCUT2D eigenvalue weighted by molar-refractivity contribution is -0.159. The summed E-state index contributed by atoms with van der Waals surface area (Å²) in [6.45, 7) is 0.800. The van der Waals surface area contributed by atoms with E-state index >= 15 is 0 Å². The Morgan fingerprint density at radius 3 is 2.33 bits per heavy atom.